The van der Waals surface area contributed by atoms with Crippen molar-refractivity contribution in [1.29, 1.82) is 0 Å². The van der Waals surface area contributed by atoms with Gasteiger partial charge in [0.1, 0.15) is 6.10 Å². The molecule has 2 rings (SSSR count). The van der Waals surface area contributed by atoms with Gasteiger partial charge >= 0.3 is 0 Å². The van der Waals surface area contributed by atoms with Crippen LogP contribution in [0.4, 0.5) is 11.4 Å². The Morgan fingerprint density at radius 1 is 1.37 bits per heavy atom. The van der Waals surface area contributed by atoms with Gasteiger partial charge in [-0.05, 0) is 6.92 Å². The molecule has 6 nitrogen and oxygen atoms in total. The maximum absolute atomic E-state index is 11.8. The number of carbonyl (C=O) groups is 1. The molecule has 19 heavy (non-hydrogen) atoms. The number of anilines is 2. The quantitative estimate of drug-likeness (QED) is 0.808. The third-order valence-corrected chi connectivity index (χ3v) is 2.90. The summed E-state index contributed by atoms with van der Waals surface area (Å²) in [7, 11) is 1.47. The molecule has 0 fully saturated rings. The van der Waals surface area contributed by atoms with E-state index in [4.69, 9.17) is 19.9 Å². The fourth-order valence-electron chi connectivity index (χ4n) is 1.67. The second-order valence-electron chi connectivity index (χ2n) is 4.30. The van der Waals surface area contributed by atoms with E-state index in [-0.39, 0.29) is 5.91 Å². The van der Waals surface area contributed by atoms with Crippen molar-refractivity contribution in [3.63, 3.8) is 0 Å². The molecule has 1 amide bonds. The number of methoxy groups -OCH3 is 1. The number of nitrogens with two attached hydrogens (primary N) is 1. The first-order chi connectivity index (χ1) is 9.11. The lowest BCUT2D eigenvalue weighted by Crippen LogP contribution is -2.26. The van der Waals surface area contributed by atoms with Crippen molar-refractivity contribution in [3.8, 4) is 11.5 Å². The average molecular weight is 266 g/mol. The topological polar surface area (TPSA) is 82.8 Å². The Kier molecular flexibility index (Phi) is 4.11. The minimum Gasteiger partial charge on any atom is -0.489 e. The number of carbonyl (C=O) groups excluding carboxylic acids is 1. The van der Waals surface area contributed by atoms with E-state index in [0.29, 0.717) is 36.1 Å². The molecule has 104 valence electrons. The first-order valence-corrected chi connectivity index (χ1v) is 6.14. The summed E-state index contributed by atoms with van der Waals surface area (Å²) in [5.41, 5.74) is 6.82. The van der Waals surface area contributed by atoms with Gasteiger partial charge in [-0.3, -0.25) is 4.79 Å². The first-order valence-electron chi connectivity index (χ1n) is 6.14. The summed E-state index contributed by atoms with van der Waals surface area (Å²) < 4.78 is 16.0. The van der Waals surface area contributed by atoms with Gasteiger partial charge in [-0.1, -0.05) is 0 Å². The Bertz CT molecular complexity index is 476. The zero-order valence-corrected chi connectivity index (χ0v) is 11.1. The van der Waals surface area contributed by atoms with E-state index in [1.165, 1.54) is 7.11 Å². The molecule has 1 unspecified atom stereocenters. The maximum Gasteiger partial charge on any atom is 0.253 e. The van der Waals surface area contributed by atoms with Crippen LogP contribution >= 0.6 is 0 Å². The number of hydrogen-bond acceptors (Lipinski definition) is 5. The van der Waals surface area contributed by atoms with Gasteiger partial charge < -0.3 is 25.3 Å². The van der Waals surface area contributed by atoms with E-state index in [0.717, 1.165) is 6.42 Å². The van der Waals surface area contributed by atoms with Crippen LogP contribution in [0.15, 0.2) is 12.1 Å². The minimum atomic E-state index is -0.546. The second kappa shape index (κ2) is 5.79. The Morgan fingerprint density at radius 2 is 2.00 bits per heavy atom. The molecule has 1 aromatic carbocycles. The number of amides is 1. The van der Waals surface area contributed by atoms with E-state index in [2.05, 4.69) is 5.32 Å². The zero-order chi connectivity index (χ0) is 13.8. The van der Waals surface area contributed by atoms with Crippen LogP contribution < -0.4 is 20.5 Å². The van der Waals surface area contributed by atoms with Gasteiger partial charge in [0.15, 0.2) is 11.5 Å². The average Bonchev–Trinajstić information content (AvgIpc) is 2.63. The van der Waals surface area contributed by atoms with Crippen molar-refractivity contribution in [3.05, 3.63) is 12.1 Å². The molecule has 3 N–H and O–H groups in total. The van der Waals surface area contributed by atoms with Gasteiger partial charge in [-0.25, -0.2) is 0 Å². The molecule has 0 aromatic heterocycles. The molecule has 0 bridgehead atoms. The van der Waals surface area contributed by atoms with E-state index in [9.17, 15) is 4.79 Å². The summed E-state index contributed by atoms with van der Waals surface area (Å²) in [6.07, 6.45) is 0.271. The summed E-state index contributed by atoms with van der Waals surface area (Å²) in [4.78, 5) is 11.8. The predicted molar refractivity (Wildman–Crippen MR) is 71.6 cm³/mol. The maximum atomic E-state index is 11.8. The van der Waals surface area contributed by atoms with Gasteiger partial charge in [0.05, 0.1) is 24.6 Å². The van der Waals surface area contributed by atoms with E-state index in [1.807, 2.05) is 0 Å². The van der Waals surface area contributed by atoms with E-state index >= 15 is 0 Å². The molecule has 6 heteroatoms. The molecule has 0 radical (unpaired) electrons. The number of ether oxygens (including phenoxy) is 3. The molecule has 0 spiro atoms. The lowest BCUT2D eigenvalue weighted by Gasteiger charge is -2.15. The normalized spacial score (nSPS) is 15.5. The van der Waals surface area contributed by atoms with Crippen molar-refractivity contribution in [2.75, 3.05) is 31.4 Å². The molecule has 1 atom stereocenters. The highest BCUT2D eigenvalue weighted by atomic mass is 16.5. The summed E-state index contributed by atoms with van der Waals surface area (Å²) >= 11 is 0. The monoisotopic (exact) mass is 266 g/mol. The summed E-state index contributed by atoms with van der Waals surface area (Å²) in [6.45, 7) is 2.84. The molecular formula is C13H18N2O4. The Balaban J connectivity index is 2.22. The van der Waals surface area contributed by atoms with Gasteiger partial charge in [-0.2, -0.15) is 0 Å². The standard InChI is InChI=1S/C13H18N2O4/c1-8(17-2)13(16)15-10-7-12-11(6-9(10)14)18-4-3-5-19-12/h6-8H,3-5,14H2,1-2H3,(H,15,16). The Labute approximate surface area is 111 Å². The van der Waals surface area contributed by atoms with Gasteiger partial charge in [0.25, 0.3) is 5.91 Å². The highest BCUT2D eigenvalue weighted by Gasteiger charge is 2.17. The lowest BCUT2D eigenvalue weighted by molar-refractivity contribution is -0.124. The Morgan fingerprint density at radius 3 is 2.63 bits per heavy atom. The van der Waals surface area contributed by atoms with Crippen molar-refractivity contribution in [1.82, 2.24) is 0 Å². The largest absolute Gasteiger partial charge is 0.489 e. The summed E-state index contributed by atoms with van der Waals surface area (Å²) in [5.74, 6) is 0.934. The zero-order valence-electron chi connectivity index (χ0n) is 11.1. The van der Waals surface area contributed by atoms with Crippen LogP contribution in [-0.4, -0.2) is 32.3 Å². The third-order valence-electron chi connectivity index (χ3n) is 2.90. The minimum absolute atomic E-state index is 0.260. The fraction of sp³-hybridized carbons (Fsp3) is 0.462. The highest BCUT2D eigenvalue weighted by molar-refractivity contribution is 5.97. The number of nitrogens with one attached hydrogen (secondary N) is 1. The first kappa shape index (κ1) is 13.5. The lowest BCUT2D eigenvalue weighted by atomic mass is 10.2. The number of nitrogen functional groups attached to an aromatic ring is 1. The molecule has 1 aromatic rings. The molecular weight excluding hydrogens is 248 g/mol. The van der Waals surface area contributed by atoms with E-state index < -0.39 is 6.10 Å². The van der Waals surface area contributed by atoms with Crippen LogP contribution in [0.3, 0.4) is 0 Å². The van der Waals surface area contributed by atoms with Crippen LogP contribution in [0, 0.1) is 0 Å². The number of fused-ring (bicyclic) bond motifs is 1. The Hall–Kier alpha value is -1.95. The highest BCUT2D eigenvalue weighted by Crippen LogP contribution is 2.36. The number of rotatable bonds is 3. The molecule has 1 aliphatic heterocycles. The summed E-state index contributed by atoms with van der Waals surface area (Å²) in [6, 6.07) is 3.34. The second-order valence-corrected chi connectivity index (χ2v) is 4.30. The van der Waals surface area contributed by atoms with Crippen molar-refractivity contribution in [2.24, 2.45) is 0 Å². The van der Waals surface area contributed by atoms with Crippen LogP contribution in [0.25, 0.3) is 0 Å². The molecule has 0 saturated heterocycles. The molecule has 1 heterocycles. The third kappa shape index (κ3) is 3.08. The van der Waals surface area contributed by atoms with Crippen LogP contribution in [0.1, 0.15) is 13.3 Å². The van der Waals surface area contributed by atoms with Crippen LogP contribution in [-0.2, 0) is 9.53 Å². The smallest absolute Gasteiger partial charge is 0.253 e. The van der Waals surface area contributed by atoms with Crippen LogP contribution in [0.2, 0.25) is 0 Å². The predicted octanol–water partition coefficient (Wildman–Crippen LogP) is 1.40. The van der Waals surface area contributed by atoms with Gasteiger partial charge in [0, 0.05) is 25.7 Å². The molecule has 0 aliphatic carbocycles. The summed E-state index contributed by atoms with van der Waals surface area (Å²) in [5, 5.41) is 2.71. The van der Waals surface area contributed by atoms with E-state index in [1.54, 1.807) is 19.1 Å². The van der Waals surface area contributed by atoms with Gasteiger partial charge in [-0.15, -0.1) is 0 Å². The van der Waals surface area contributed by atoms with Gasteiger partial charge in [0.2, 0.25) is 0 Å². The fourth-order valence-corrected chi connectivity index (χ4v) is 1.67. The van der Waals surface area contributed by atoms with Crippen molar-refractivity contribution >= 4 is 17.3 Å². The van der Waals surface area contributed by atoms with Crippen molar-refractivity contribution < 1.29 is 19.0 Å². The molecule has 0 saturated carbocycles. The number of hydrogen-bond donors (Lipinski definition) is 2. The number of benzene rings is 1. The van der Waals surface area contributed by atoms with Crippen LogP contribution in [0.5, 0.6) is 11.5 Å². The SMILES string of the molecule is COC(C)C(=O)Nc1cc2c(cc1N)OCCCO2. The van der Waals surface area contributed by atoms with Crippen molar-refractivity contribution in [2.45, 2.75) is 19.4 Å². The molecule has 1 aliphatic rings.